The lowest BCUT2D eigenvalue weighted by Gasteiger charge is -2.26. The molecule has 0 aliphatic heterocycles. The average molecular weight is 293 g/mol. The van der Waals surface area contributed by atoms with E-state index >= 15 is 0 Å². The minimum atomic E-state index is -2.11. The fourth-order valence-electron chi connectivity index (χ4n) is 2.91. The summed E-state index contributed by atoms with van der Waals surface area (Å²) in [6.45, 7) is 2.12. The molecule has 6 heteroatoms. The van der Waals surface area contributed by atoms with Crippen LogP contribution in [-0.2, 0) is 0 Å². The van der Waals surface area contributed by atoms with Crippen LogP contribution < -0.4 is 5.32 Å². The molecule has 2 rings (SSSR count). The first-order chi connectivity index (χ1) is 9.49. The maximum Gasteiger partial charge on any atom is 0.200 e. The molecule has 0 heterocycles. The van der Waals surface area contributed by atoms with Crippen LogP contribution in [-0.4, -0.2) is 6.54 Å². The fraction of sp³-hybridized carbons (Fsp3) is 0.571. The SMILES string of the molecule is CCNC(c1c(F)c(F)c(F)c(F)c1F)C1CCCC1. The maximum atomic E-state index is 13.9. The van der Waals surface area contributed by atoms with Crippen molar-refractivity contribution in [3.05, 3.63) is 34.6 Å². The molecule has 0 aromatic heterocycles. The number of halogens is 5. The molecule has 20 heavy (non-hydrogen) atoms. The summed E-state index contributed by atoms with van der Waals surface area (Å²) >= 11 is 0. The molecule has 1 fully saturated rings. The highest BCUT2D eigenvalue weighted by molar-refractivity contribution is 5.28. The van der Waals surface area contributed by atoms with Crippen LogP contribution in [0.15, 0.2) is 0 Å². The van der Waals surface area contributed by atoms with Crippen molar-refractivity contribution in [3.8, 4) is 0 Å². The standard InChI is InChI=1S/C14H16F5N/c1-2-20-14(7-5-3-4-6-7)8-9(15)11(17)13(19)12(18)10(8)16/h7,14,20H,2-6H2,1H3. The first-order valence-corrected chi connectivity index (χ1v) is 6.73. The lowest BCUT2D eigenvalue weighted by atomic mass is 9.90. The molecule has 0 saturated heterocycles. The van der Waals surface area contributed by atoms with Gasteiger partial charge >= 0.3 is 0 Å². The third-order valence-corrected chi connectivity index (χ3v) is 3.85. The van der Waals surface area contributed by atoms with Crippen molar-refractivity contribution >= 4 is 0 Å². The van der Waals surface area contributed by atoms with Crippen molar-refractivity contribution < 1.29 is 22.0 Å². The molecule has 0 amide bonds. The summed E-state index contributed by atoms with van der Waals surface area (Å²) in [4.78, 5) is 0. The largest absolute Gasteiger partial charge is 0.310 e. The second-order valence-electron chi connectivity index (χ2n) is 5.06. The molecule has 0 bridgehead atoms. The Hall–Kier alpha value is -1.17. The number of hydrogen-bond acceptors (Lipinski definition) is 1. The van der Waals surface area contributed by atoms with E-state index in [2.05, 4.69) is 5.32 Å². The number of nitrogens with one attached hydrogen (secondary N) is 1. The van der Waals surface area contributed by atoms with Crippen LogP contribution in [0.4, 0.5) is 22.0 Å². The van der Waals surface area contributed by atoms with E-state index in [1.165, 1.54) is 0 Å². The Morgan fingerprint density at radius 2 is 1.35 bits per heavy atom. The zero-order valence-electron chi connectivity index (χ0n) is 11.1. The minimum Gasteiger partial charge on any atom is -0.310 e. The van der Waals surface area contributed by atoms with Crippen LogP contribution in [0.25, 0.3) is 0 Å². The van der Waals surface area contributed by atoms with Crippen molar-refractivity contribution in [1.29, 1.82) is 0 Å². The van der Waals surface area contributed by atoms with Gasteiger partial charge in [0.15, 0.2) is 23.3 Å². The highest BCUT2D eigenvalue weighted by Crippen LogP contribution is 2.39. The molecule has 1 aliphatic carbocycles. The van der Waals surface area contributed by atoms with Crippen molar-refractivity contribution in [2.45, 2.75) is 38.6 Å². The van der Waals surface area contributed by atoms with Gasteiger partial charge in [0.1, 0.15) is 0 Å². The van der Waals surface area contributed by atoms with E-state index in [1.807, 2.05) is 0 Å². The molecule has 1 aliphatic rings. The maximum absolute atomic E-state index is 13.9. The smallest absolute Gasteiger partial charge is 0.200 e. The van der Waals surface area contributed by atoms with Crippen LogP contribution in [0.5, 0.6) is 0 Å². The highest BCUT2D eigenvalue weighted by Gasteiger charge is 2.34. The molecule has 1 aromatic rings. The normalized spacial score (nSPS) is 17.7. The lowest BCUT2D eigenvalue weighted by Crippen LogP contribution is -2.30. The Bertz CT molecular complexity index is 468. The van der Waals surface area contributed by atoms with Crippen molar-refractivity contribution in [2.24, 2.45) is 5.92 Å². The van der Waals surface area contributed by atoms with Crippen LogP contribution in [0.3, 0.4) is 0 Å². The summed E-state index contributed by atoms with van der Waals surface area (Å²) in [5.41, 5.74) is -0.727. The Morgan fingerprint density at radius 3 is 1.80 bits per heavy atom. The van der Waals surface area contributed by atoms with Gasteiger partial charge in [0.05, 0.1) is 0 Å². The van der Waals surface area contributed by atoms with Crippen molar-refractivity contribution in [2.75, 3.05) is 6.54 Å². The summed E-state index contributed by atoms with van der Waals surface area (Å²) in [5, 5.41) is 2.86. The van der Waals surface area contributed by atoms with Gasteiger partial charge in [-0.3, -0.25) is 0 Å². The van der Waals surface area contributed by atoms with Gasteiger partial charge in [-0.05, 0) is 25.3 Å². The molecule has 1 nitrogen and oxygen atoms in total. The Kier molecular flexibility index (Phi) is 4.62. The lowest BCUT2D eigenvalue weighted by molar-refractivity contribution is 0.317. The van der Waals surface area contributed by atoms with E-state index in [-0.39, 0.29) is 5.92 Å². The molecule has 0 radical (unpaired) electrons. The predicted octanol–water partition coefficient (Wildman–Crippen LogP) is 4.22. The minimum absolute atomic E-state index is 0.108. The highest BCUT2D eigenvalue weighted by atomic mass is 19.2. The first kappa shape index (κ1) is 15.2. The molecular formula is C14H16F5N. The van der Waals surface area contributed by atoms with Crippen molar-refractivity contribution in [3.63, 3.8) is 0 Å². The van der Waals surface area contributed by atoms with Gasteiger partial charge in [0.2, 0.25) is 5.82 Å². The fourth-order valence-corrected chi connectivity index (χ4v) is 2.91. The van der Waals surface area contributed by atoms with Gasteiger partial charge in [0, 0.05) is 11.6 Å². The second-order valence-corrected chi connectivity index (χ2v) is 5.06. The van der Waals surface area contributed by atoms with E-state index in [9.17, 15) is 22.0 Å². The van der Waals surface area contributed by atoms with Gasteiger partial charge in [0.25, 0.3) is 0 Å². The van der Waals surface area contributed by atoms with Crippen LogP contribution >= 0.6 is 0 Å². The van der Waals surface area contributed by atoms with Crippen LogP contribution in [0.1, 0.15) is 44.2 Å². The number of rotatable bonds is 4. The molecule has 1 N–H and O–H groups in total. The quantitative estimate of drug-likeness (QED) is 0.498. The average Bonchev–Trinajstić information content (AvgIpc) is 2.96. The monoisotopic (exact) mass is 293 g/mol. The first-order valence-electron chi connectivity index (χ1n) is 6.73. The van der Waals surface area contributed by atoms with Crippen molar-refractivity contribution in [1.82, 2.24) is 5.32 Å². The van der Waals surface area contributed by atoms with E-state index in [4.69, 9.17) is 0 Å². The van der Waals surface area contributed by atoms with E-state index in [1.54, 1.807) is 6.92 Å². The van der Waals surface area contributed by atoms with Gasteiger partial charge in [-0.1, -0.05) is 19.8 Å². The molecule has 1 unspecified atom stereocenters. The summed E-state index contributed by atoms with van der Waals surface area (Å²) in [6, 6.07) is -0.841. The molecule has 112 valence electrons. The molecule has 1 aromatic carbocycles. The molecule has 1 saturated carbocycles. The molecule has 0 spiro atoms. The van der Waals surface area contributed by atoms with Gasteiger partial charge in [-0.2, -0.15) is 0 Å². The van der Waals surface area contributed by atoms with Crippen LogP contribution in [0.2, 0.25) is 0 Å². The summed E-state index contributed by atoms with van der Waals surface area (Å²) in [7, 11) is 0. The van der Waals surface area contributed by atoms with Gasteiger partial charge in [-0.25, -0.2) is 22.0 Å². The second kappa shape index (κ2) is 6.08. The Balaban J connectivity index is 2.52. The Labute approximate surface area is 114 Å². The summed E-state index contributed by atoms with van der Waals surface area (Å²) < 4.78 is 67.4. The third-order valence-electron chi connectivity index (χ3n) is 3.85. The Morgan fingerprint density at radius 1 is 0.900 bits per heavy atom. The van der Waals surface area contributed by atoms with Gasteiger partial charge < -0.3 is 5.32 Å². The summed E-state index contributed by atoms with van der Waals surface area (Å²) in [6.07, 6.45) is 3.25. The topological polar surface area (TPSA) is 12.0 Å². The van der Waals surface area contributed by atoms with Crippen LogP contribution in [0, 0.1) is 35.0 Å². The number of benzene rings is 1. The molecule has 1 atom stereocenters. The zero-order chi connectivity index (χ0) is 14.9. The van der Waals surface area contributed by atoms with Gasteiger partial charge in [-0.15, -0.1) is 0 Å². The summed E-state index contributed by atoms with van der Waals surface area (Å²) in [5.74, 6) is -9.41. The third kappa shape index (κ3) is 2.53. The van der Waals surface area contributed by atoms with E-state index in [0.717, 1.165) is 25.7 Å². The zero-order valence-corrected chi connectivity index (χ0v) is 11.1. The number of hydrogen-bond donors (Lipinski definition) is 1. The predicted molar refractivity (Wildman–Crippen MR) is 64.6 cm³/mol. The van der Waals surface area contributed by atoms with E-state index in [0.29, 0.717) is 6.54 Å². The van der Waals surface area contributed by atoms with E-state index < -0.39 is 40.7 Å². The molecular weight excluding hydrogens is 277 g/mol.